The zero-order valence-corrected chi connectivity index (χ0v) is 12.8. The first kappa shape index (κ1) is 12.7. The van der Waals surface area contributed by atoms with Gasteiger partial charge in [0.1, 0.15) is 5.78 Å². The van der Waals surface area contributed by atoms with Gasteiger partial charge in [0.05, 0.1) is 14.1 Å². The van der Waals surface area contributed by atoms with Gasteiger partial charge in [-0.25, -0.2) is 0 Å². The van der Waals surface area contributed by atoms with Gasteiger partial charge in [-0.05, 0) is 13.3 Å². The molecule has 6 heteroatoms. The number of aliphatic hydroxyl groups excluding tert-OH is 1. The predicted octanol–water partition coefficient (Wildman–Crippen LogP) is 1.74. The second-order valence-corrected chi connectivity index (χ2v) is 14.3. The standard InChI is InChI=1S/C7H12O3.2HI.V/c1-5(9)6-2-3-10-7(6)4-8;;;/h6-8H,2-4H2,1H3;2*1H;/q;;;+2/p-2/t6?,7-;;;/m1.../s1/i3T;;;/t3-,6?,7+;;;/m0.... The van der Waals surface area contributed by atoms with Crippen molar-refractivity contribution in [1.82, 2.24) is 0 Å². The Hall–Kier alpha value is 1.63. The minimum absolute atomic E-state index is 0.00111. The first-order valence-electron chi connectivity index (χ1n) is 4.25. The number of Topliss-reactive ketones (excluding diaryl/α,β-unsaturated/α-hetero) is 1. The molecule has 0 bridgehead atoms. The summed E-state index contributed by atoms with van der Waals surface area (Å²) in [6, 6.07) is 0. The Bertz CT molecular complexity index is 184. The van der Waals surface area contributed by atoms with Crippen LogP contribution in [0.1, 0.15) is 14.7 Å². The van der Waals surface area contributed by atoms with E-state index in [0.29, 0.717) is 15.9 Å². The summed E-state index contributed by atoms with van der Waals surface area (Å²) in [6.07, 6.45) is -0.0319. The fourth-order valence-electron chi connectivity index (χ4n) is 1.13. The predicted molar refractivity (Wildman–Crippen MR) is 63.7 cm³/mol. The number of hydrogen-bond acceptors (Lipinski definition) is 3. The molecule has 1 unspecified atom stereocenters. The van der Waals surface area contributed by atoms with Crippen LogP contribution in [-0.2, 0) is 19.0 Å². The van der Waals surface area contributed by atoms with Crippen LogP contribution < -0.4 is 0 Å². The van der Waals surface area contributed by atoms with Crippen molar-refractivity contribution in [2.45, 2.75) is 19.4 Å². The van der Waals surface area contributed by atoms with Crippen molar-refractivity contribution in [3.8, 4) is 0 Å². The van der Waals surface area contributed by atoms with Gasteiger partial charge in [-0.1, -0.05) is 0 Å². The van der Waals surface area contributed by atoms with Crippen LogP contribution in [0.15, 0.2) is 0 Å². The number of ether oxygens (including phenoxy) is 1. The second-order valence-electron chi connectivity index (χ2n) is 2.54. The summed E-state index contributed by atoms with van der Waals surface area (Å²) in [5.41, 5.74) is 0. The van der Waals surface area contributed by atoms with Crippen molar-refractivity contribution < 1.29 is 25.5 Å². The molecule has 0 saturated carbocycles. The van der Waals surface area contributed by atoms with E-state index in [9.17, 15) is 4.79 Å². The number of hydrogen-bond donors (Lipinski definition) is 1. The molecule has 0 aromatic heterocycles. The molecule has 0 amide bonds. The van der Waals surface area contributed by atoms with Crippen LogP contribution in [0.3, 0.4) is 0 Å². The van der Waals surface area contributed by atoms with Gasteiger partial charge in [0.15, 0.2) is 0 Å². The molecule has 0 radical (unpaired) electrons. The molecule has 0 spiro atoms. The van der Waals surface area contributed by atoms with E-state index in [-0.39, 0.29) is 18.3 Å². The van der Waals surface area contributed by atoms with Crippen molar-refractivity contribution in [1.29, 1.82) is 0 Å². The summed E-state index contributed by atoms with van der Waals surface area (Å²) in [5, 5.41) is 8.74. The average Bonchev–Trinajstić information content (AvgIpc) is 2.48. The zero-order valence-electron chi connectivity index (χ0n) is 8.11. The number of carbonyl (C=O) groups is 1. The number of rotatable bonds is 2. The van der Waals surface area contributed by atoms with Gasteiger partial charge in [0.25, 0.3) is 0 Å². The van der Waals surface area contributed by atoms with E-state index < -0.39 is 12.7 Å². The topological polar surface area (TPSA) is 46.5 Å². The Morgan fingerprint density at radius 1 is 1.85 bits per heavy atom. The molecule has 13 heavy (non-hydrogen) atoms. The number of aliphatic hydroxyl groups is 1. The maximum atomic E-state index is 10.9. The Morgan fingerprint density at radius 2 is 2.38 bits per heavy atom. The molecule has 1 fully saturated rings. The number of halogens is 2. The molecule has 0 aromatic carbocycles. The Balaban J connectivity index is 0.000000500. The molecule has 0 aromatic rings. The van der Waals surface area contributed by atoms with Crippen LogP contribution in [0.4, 0.5) is 0 Å². The van der Waals surface area contributed by atoms with Crippen LogP contribution in [0, 0.1) is 5.92 Å². The van der Waals surface area contributed by atoms with Crippen molar-refractivity contribution in [2.24, 2.45) is 5.92 Å². The third-order valence-electron chi connectivity index (χ3n) is 1.77. The molecule has 3 atom stereocenters. The Morgan fingerprint density at radius 3 is 2.69 bits per heavy atom. The first-order chi connectivity index (χ1) is 6.56. The Labute approximate surface area is 109 Å². The van der Waals surface area contributed by atoms with Gasteiger partial charge in [0.2, 0.25) is 0 Å². The number of ketones is 1. The normalized spacial score (nSPS) is 32.9. The number of carbonyl (C=O) groups excluding carboxylic acids is 1. The Kier molecular flexibility index (Phi) is 8.70. The molecule has 77 valence electrons. The van der Waals surface area contributed by atoms with Crippen molar-refractivity contribution in [2.75, 3.05) is 13.2 Å². The zero-order chi connectivity index (χ0) is 11.1. The van der Waals surface area contributed by atoms with E-state index in [4.69, 9.17) is 11.2 Å². The van der Waals surface area contributed by atoms with Crippen molar-refractivity contribution in [3.05, 3.63) is 0 Å². The van der Waals surface area contributed by atoms with Gasteiger partial charge >= 0.3 is 49.4 Å². The van der Waals surface area contributed by atoms with E-state index in [0.717, 1.165) is 0 Å². The van der Waals surface area contributed by atoms with E-state index in [1.165, 1.54) is 6.92 Å². The summed E-state index contributed by atoms with van der Waals surface area (Å²) in [7, 11) is 0.628. The quantitative estimate of drug-likeness (QED) is 0.652. The van der Waals surface area contributed by atoms with Crippen molar-refractivity contribution in [3.63, 3.8) is 0 Å². The van der Waals surface area contributed by atoms with Crippen LogP contribution >= 0.6 is 40.0 Å². The van der Waals surface area contributed by atoms with Gasteiger partial charge in [-0.15, -0.1) is 0 Å². The molecular formula is C7H12I2O3V. The monoisotopic (exact) mass is 451 g/mol. The van der Waals surface area contributed by atoms with Crippen LogP contribution in [0.25, 0.3) is 0 Å². The maximum absolute atomic E-state index is 10.9. The van der Waals surface area contributed by atoms with Crippen LogP contribution in [0.2, 0.25) is 0 Å². The summed E-state index contributed by atoms with van der Waals surface area (Å²) in [6.45, 7) is 0.662. The first-order valence-corrected chi connectivity index (χ1v) is 12.7. The van der Waals surface area contributed by atoms with E-state index in [2.05, 4.69) is 40.0 Å². The second kappa shape index (κ2) is 8.90. The van der Waals surface area contributed by atoms with Crippen LogP contribution in [-0.4, -0.2) is 30.2 Å². The SMILES string of the molecule is [3H][C@H]1CC(C(C)=O)[C@@H](CO)O1.[I][V][I]. The van der Waals surface area contributed by atoms with Crippen molar-refractivity contribution >= 4 is 45.7 Å². The molecule has 1 saturated heterocycles. The fraction of sp³-hybridized carbons (Fsp3) is 0.857. The van der Waals surface area contributed by atoms with Gasteiger partial charge in [-0.2, -0.15) is 0 Å². The molecule has 1 rings (SSSR count). The third-order valence-corrected chi connectivity index (χ3v) is 1.77. The van der Waals surface area contributed by atoms with Gasteiger partial charge in [0, 0.05) is 12.5 Å². The van der Waals surface area contributed by atoms with E-state index in [1.807, 2.05) is 0 Å². The summed E-state index contributed by atoms with van der Waals surface area (Å²) in [5.74, 6) is -0.277. The fourth-order valence-corrected chi connectivity index (χ4v) is 1.13. The third kappa shape index (κ3) is 5.93. The van der Waals surface area contributed by atoms with Gasteiger partial charge < -0.3 is 9.84 Å². The summed E-state index contributed by atoms with van der Waals surface area (Å²) >= 11 is 4.74. The average molecular weight is 451 g/mol. The van der Waals surface area contributed by atoms with E-state index >= 15 is 0 Å². The van der Waals surface area contributed by atoms with E-state index in [1.54, 1.807) is 0 Å². The molecule has 1 N–H and O–H groups in total. The molecule has 1 aliphatic rings. The molecule has 0 aliphatic carbocycles. The van der Waals surface area contributed by atoms with Gasteiger partial charge in [-0.3, -0.25) is 4.79 Å². The summed E-state index contributed by atoms with van der Waals surface area (Å²) in [4.78, 5) is 10.9. The summed E-state index contributed by atoms with van der Waals surface area (Å²) < 4.78 is 12.2. The minimum atomic E-state index is -0.638. The molecule has 1 aliphatic heterocycles. The molecule has 3 nitrogen and oxygen atoms in total. The van der Waals surface area contributed by atoms with Crippen LogP contribution in [0.5, 0.6) is 0 Å². The molecular weight excluding hydrogens is 437 g/mol. The molecule has 1 heterocycles.